The molecule has 2 saturated carbocycles. The molecular weight excluding hydrogens is 613 g/mol. The van der Waals surface area contributed by atoms with E-state index in [1.807, 2.05) is 0 Å². The maximum absolute atomic E-state index is 4.61. The molecule has 2 aliphatic carbocycles. The van der Waals surface area contributed by atoms with Crippen LogP contribution in [0.15, 0.2) is 0 Å². The molecule has 2 aliphatic rings. The minimum Gasteiger partial charge on any atom is 2.00 e. The molecule has 0 aromatic rings. The van der Waals surface area contributed by atoms with E-state index in [9.17, 15) is 0 Å². The quantitative estimate of drug-likeness (QED) is 0.151. The van der Waals surface area contributed by atoms with Crippen molar-refractivity contribution in [2.45, 2.75) is 99.3 Å². The summed E-state index contributed by atoms with van der Waals surface area (Å²) in [4.78, 5) is 0. The van der Waals surface area contributed by atoms with Crippen LogP contribution in [0.1, 0.15) is 99.3 Å². The molecule has 0 bridgehead atoms. The van der Waals surface area contributed by atoms with E-state index in [1.54, 1.807) is 18.8 Å². The zero-order valence-corrected chi connectivity index (χ0v) is 25.0. The summed E-state index contributed by atoms with van der Waals surface area (Å²) in [5.41, 5.74) is 0. The molecule has 0 heterocycles. The van der Waals surface area contributed by atoms with Gasteiger partial charge in [-0.1, -0.05) is 86.5 Å². The van der Waals surface area contributed by atoms with Crippen molar-refractivity contribution in [3.8, 4) is 0 Å². The average Bonchev–Trinajstić information content (AvgIpc) is 3.45. The second-order valence-electron chi connectivity index (χ2n) is 6.58. The minimum absolute atomic E-state index is 0. The van der Waals surface area contributed by atoms with Gasteiger partial charge >= 0.3 is 45.3 Å². The van der Waals surface area contributed by atoms with Crippen LogP contribution in [0.4, 0.5) is 0 Å². The summed E-state index contributed by atoms with van der Waals surface area (Å²) in [6.45, 7) is 13.7. The van der Waals surface area contributed by atoms with Gasteiger partial charge in [-0.2, -0.15) is 12.8 Å². The largest absolute Gasteiger partial charge is 2.00 e. The van der Waals surface area contributed by atoms with Crippen LogP contribution < -0.4 is 0 Å². The average molecular weight is 662 g/mol. The van der Waals surface area contributed by atoms with E-state index in [2.05, 4.69) is 57.4 Å². The molecule has 0 nitrogen and oxygen atoms in total. The molecule has 0 aliphatic heterocycles. The summed E-state index contributed by atoms with van der Waals surface area (Å²) in [5, 5.41) is 0. The fourth-order valence-electron chi connectivity index (χ4n) is 2.95. The van der Waals surface area contributed by atoms with Crippen molar-refractivity contribution >= 4 is 25.3 Å². The third kappa shape index (κ3) is 33.2. The monoisotopic (exact) mass is 661 g/mol. The summed E-state index contributed by atoms with van der Waals surface area (Å²) in [7, 11) is 5.50. The Morgan fingerprint density at radius 1 is 0.556 bits per heavy atom. The maximum atomic E-state index is 4.61. The molecule has 2 fully saturated rings. The molecule has 170 valence electrons. The summed E-state index contributed by atoms with van der Waals surface area (Å²) >= 11 is 1.61. The molecule has 2 rings (SSSR count). The van der Waals surface area contributed by atoms with Crippen LogP contribution in [-0.4, -0.2) is 37.0 Å². The molecule has 0 atom stereocenters. The van der Waals surface area contributed by atoms with Gasteiger partial charge in [-0.15, -0.1) is 15.8 Å². The van der Waals surface area contributed by atoms with Gasteiger partial charge < -0.3 is 6.42 Å². The van der Waals surface area contributed by atoms with Crippen LogP contribution in [0.25, 0.3) is 0 Å². The first-order valence-corrected chi connectivity index (χ1v) is 17.7. The van der Waals surface area contributed by atoms with E-state index in [0.717, 1.165) is 0 Å². The van der Waals surface area contributed by atoms with E-state index in [4.69, 9.17) is 0 Å². The Morgan fingerprint density at radius 3 is 0.852 bits per heavy atom. The normalized spacial score (nSPS) is 14.5. The van der Waals surface area contributed by atoms with Crippen LogP contribution in [0, 0.1) is 6.42 Å². The topological polar surface area (TPSA) is 0 Å². The van der Waals surface area contributed by atoms with Crippen LogP contribution in [0.2, 0.25) is 0 Å². The van der Waals surface area contributed by atoms with Gasteiger partial charge in [0.2, 0.25) is 0 Å². The molecule has 0 unspecified atom stereocenters. The maximum Gasteiger partial charge on any atom is 2.00 e. The third-order valence-corrected chi connectivity index (χ3v) is 10.4. The molecule has 0 spiro atoms. The van der Waals surface area contributed by atoms with Gasteiger partial charge in [0.05, 0.1) is 0 Å². The molecular formula is C22H49ClFeP2Pt+2. The number of hydrogen-bond donors (Lipinski definition) is 0. The molecule has 27 heavy (non-hydrogen) atoms. The van der Waals surface area contributed by atoms with Crippen LogP contribution >= 0.6 is 25.3 Å². The van der Waals surface area contributed by atoms with Gasteiger partial charge in [0.1, 0.15) is 0 Å². The smallest absolute Gasteiger partial charge is 2.00 e. The second kappa shape index (κ2) is 35.8. The van der Waals surface area contributed by atoms with E-state index in [-0.39, 0.29) is 17.1 Å². The van der Waals surface area contributed by atoms with Gasteiger partial charge in [-0.25, -0.2) is 0 Å². The SMILES string of the molecule is C1CCCC1.CCP(CC)CC.CCP(CC)CC.[CH-]1CCCC1.[Cl][Pt+].[Fe+2]. The van der Waals surface area contributed by atoms with Crippen molar-refractivity contribution in [3.05, 3.63) is 6.42 Å². The molecule has 0 saturated heterocycles. The Hall–Kier alpha value is 2.36. The predicted octanol–water partition coefficient (Wildman–Crippen LogP) is 9.46. The Kier molecular flexibility index (Phi) is 48.6. The van der Waals surface area contributed by atoms with Gasteiger partial charge in [0.15, 0.2) is 0 Å². The number of rotatable bonds is 6. The first kappa shape index (κ1) is 36.7. The minimum atomic E-state index is 0. The Morgan fingerprint density at radius 2 is 0.778 bits per heavy atom. The van der Waals surface area contributed by atoms with Gasteiger partial charge in [-0.3, -0.25) is 0 Å². The molecule has 0 aromatic carbocycles. The first-order chi connectivity index (χ1) is 12.7. The Bertz CT molecular complexity index is 160. The van der Waals surface area contributed by atoms with Crippen molar-refractivity contribution in [2.75, 3.05) is 37.0 Å². The zero-order chi connectivity index (χ0) is 20.5. The zero-order valence-electron chi connectivity index (χ0n) is 19.1. The summed E-state index contributed by atoms with van der Waals surface area (Å²) in [6, 6.07) is 0. The summed E-state index contributed by atoms with van der Waals surface area (Å²) in [5.74, 6) is 0. The molecule has 0 radical (unpaired) electrons. The fourth-order valence-corrected chi connectivity index (χ4v) is 5.63. The van der Waals surface area contributed by atoms with E-state index in [0.29, 0.717) is 15.8 Å². The summed E-state index contributed by atoms with van der Waals surface area (Å²) < 4.78 is 0. The van der Waals surface area contributed by atoms with E-state index >= 15 is 0 Å². The first-order valence-electron chi connectivity index (χ1n) is 11.1. The van der Waals surface area contributed by atoms with Crippen molar-refractivity contribution in [3.63, 3.8) is 0 Å². The molecule has 5 heteroatoms. The Labute approximate surface area is 202 Å². The number of halogens is 1. The Balaban J connectivity index is -0.000000126. The molecule has 0 amide bonds. The second-order valence-corrected chi connectivity index (χ2v) is 13.1. The van der Waals surface area contributed by atoms with Crippen molar-refractivity contribution in [1.82, 2.24) is 0 Å². The fraction of sp³-hybridized carbons (Fsp3) is 0.955. The standard InChI is InChI=1S/2C6H15P.C5H10.C5H9.ClH.Fe.Pt/c2*1-4-7(5-2)6-3;2*1-2-4-5-3-1;;;/h2*4-6H2,1-3H3;1-5H2;1H,2-5H2;1H;;/q;;;-1;;2*+2/p-1. The van der Waals surface area contributed by atoms with E-state index in [1.165, 1.54) is 94.8 Å². The predicted molar refractivity (Wildman–Crippen MR) is 129 cm³/mol. The number of hydrogen-bond acceptors (Lipinski definition) is 0. The van der Waals surface area contributed by atoms with Crippen LogP contribution in [0.3, 0.4) is 0 Å². The van der Waals surface area contributed by atoms with Gasteiger partial charge in [0.25, 0.3) is 0 Å². The molecule has 0 aromatic heterocycles. The van der Waals surface area contributed by atoms with E-state index < -0.39 is 0 Å². The van der Waals surface area contributed by atoms with Crippen LogP contribution in [0.5, 0.6) is 0 Å². The van der Waals surface area contributed by atoms with Crippen molar-refractivity contribution < 1.29 is 35.8 Å². The van der Waals surface area contributed by atoms with Gasteiger partial charge in [0, 0.05) is 0 Å². The third-order valence-electron chi connectivity index (χ3n) is 5.00. The van der Waals surface area contributed by atoms with Gasteiger partial charge in [-0.05, 0) is 37.0 Å². The summed E-state index contributed by atoms with van der Waals surface area (Å²) in [6.07, 6.45) is 24.0. The van der Waals surface area contributed by atoms with Crippen molar-refractivity contribution in [2.24, 2.45) is 0 Å². The van der Waals surface area contributed by atoms with Crippen LogP contribution in [-0.2, 0) is 35.8 Å². The molecule has 0 N–H and O–H groups in total. The van der Waals surface area contributed by atoms with Crippen molar-refractivity contribution in [1.29, 1.82) is 0 Å².